The Morgan fingerprint density at radius 3 is 1.14 bits per heavy atom. The molecule has 0 atom stereocenters. The van der Waals surface area contributed by atoms with E-state index in [-0.39, 0.29) is 10.8 Å². The van der Waals surface area contributed by atoms with E-state index >= 15 is 0 Å². The highest BCUT2D eigenvalue weighted by Crippen LogP contribution is 2.53. The van der Waals surface area contributed by atoms with Gasteiger partial charge < -0.3 is 0 Å². The largest absolute Gasteiger partial charge is 0.248 e. The lowest BCUT2D eigenvalue weighted by Gasteiger charge is -2.24. The van der Waals surface area contributed by atoms with Gasteiger partial charge in [0.2, 0.25) is 0 Å². The van der Waals surface area contributed by atoms with Crippen LogP contribution in [-0.4, -0.2) is 18.7 Å². The monoisotopic (exact) mass is 1050 g/mol. The first-order valence-corrected chi connectivity index (χ1v) is 28.6. The Kier molecular flexibility index (Phi) is 11.4. The zero-order chi connectivity index (χ0) is 54.4. The van der Waals surface area contributed by atoms with Gasteiger partial charge in [0, 0.05) is 32.7 Å². The molecule has 0 saturated carbocycles. The summed E-state index contributed by atoms with van der Waals surface area (Å²) in [5.41, 5.74) is 29.3. The van der Waals surface area contributed by atoms with Crippen LogP contribution in [0, 0.1) is 0 Å². The molecule has 81 heavy (non-hydrogen) atoms. The van der Waals surface area contributed by atoms with Crippen LogP contribution in [0.2, 0.25) is 0 Å². The second kappa shape index (κ2) is 19.0. The van der Waals surface area contributed by atoms with Gasteiger partial charge in [0.1, 0.15) is 11.0 Å². The molecule has 0 aliphatic heterocycles. The van der Waals surface area contributed by atoms with Crippen LogP contribution in [0.15, 0.2) is 231 Å². The van der Waals surface area contributed by atoms with Gasteiger partial charge in [-0.25, -0.2) is 9.97 Å². The predicted molar refractivity (Wildman–Crippen MR) is 341 cm³/mol. The fraction of sp³-hybridized carbons (Fsp3) is 0.0789. The van der Waals surface area contributed by atoms with Crippen molar-refractivity contribution in [3.8, 4) is 77.9 Å². The Bertz CT molecular complexity index is 4750. The molecule has 384 valence electrons. The summed E-state index contributed by atoms with van der Waals surface area (Å²) < 4.78 is 9.70. The van der Waals surface area contributed by atoms with Crippen LogP contribution in [0.4, 0.5) is 0 Å². The van der Waals surface area contributed by atoms with Gasteiger partial charge >= 0.3 is 0 Å². The molecule has 0 bridgehead atoms. The van der Waals surface area contributed by atoms with Gasteiger partial charge in [0.05, 0.1) is 34.1 Å². The molecule has 2 aliphatic rings. The quantitative estimate of drug-likeness (QED) is 0.145. The van der Waals surface area contributed by atoms with Crippen LogP contribution in [0.3, 0.4) is 0 Å². The molecule has 0 saturated heterocycles. The average molecular weight is 1060 g/mol. The van der Waals surface area contributed by atoms with Gasteiger partial charge in [-0.05, 0) is 173 Å². The summed E-state index contributed by atoms with van der Waals surface area (Å²) in [6.07, 6.45) is 8.88. The van der Waals surface area contributed by atoms with Gasteiger partial charge in [-0.3, -0.25) is 0 Å². The Labute approximate surface area is 476 Å². The number of hydrogen-bond acceptors (Lipinski definition) is 5. The summed E-state index contributed by atoms with van der Waals surface area (Å²) in [6, 6.07) is 83.9. The Hall–Kier alpha value is -9.68. The lowest BCUT2D eigenvalue weighted by molar-refractivity contribution is 0.660. The molecule has 2 aliphatic carbocycles. The van der Waals surface area contributed by atoms with E-state index in [9.17, 15) is 0 Å². The van der Waals surface area contributed by atoms with Crippen LogP contribution in [-0.2, 0) is 10.8 Å². The van der Waals surface area contributed by atoms with Crippen molar-refractivity contribution in [3.63, 3.8) is 0 Å². The number of fused-ring (bicyclic) bond motifs is 9. The number of aromatic nitrogens is 4. The zero-order valence-electron chi connectivity index (χ0n) is 45.4. The highest BCUT2D eigenvalue weighted by molar-refractivity contribution is 7.00. The summed E-state index contributed by atoms with van der Waals surface area (Å²) in [7, 11) is 0. The topological polar surface area (TPSA) is 51.6 Å². The minimum Gasteiger partial charge on any atom is -0.248 e. The normalized spacial score (nSPS) is 13.8. The maximum Gasteiger partial charge on any atom is 0.113 e. The summed E-state index contributed by atoms with van der Waals surface area (Å²) >= 11 is 1.28. The Balaban J connectivity index is 0.878. The molecule has 10 aromatic carbocycles. The number of hydrogen-bond donors (Lipinski definition) is 0. The number of para-hydroxylation sites is 2. The maximum absolute atomic E-state index is 5.11. The highest BCUT2D eigenvalue weighted by atomic mass is 32.1. The summed E-state index contributed by atoms with van der Waals surface area (Å²) in [5.74, 6) is 0. The van der Waals surface area contributed by atoms with Crippen molar-refractivity contribution >= 4 is 68.9 Å². The second-order valence-corrected chi connectivity index (χ2v) is 23.2. The lowest BCUT2D eigenvalue weighted by atomic mass is 9.79. The first-order chi connectivity index (χ1) is 39.6. The summed E-state index contributed by atoms with van der Waals surface area (Å²) in [5, 5.41) is 2.24. The van der Waals surface area contributed by atoms with E-state index in [0.717, 1.165) is 99.9 Å². The highest BCUT2D eigenvalue weighted by Gasteiger charge is 2.38. The summed E-state index contributed by atoms with van der Waals surface area (Å²) in [6.45, 7) is 9.51. The molecule has 13 aromatic rings. The van der Waals surface area contributed by atoms with E-state index in [0.29, 0.717) is 0 Å². The first-order valence-electron chi connectivity index (χ1n) is 27.8. The van der Waals surface area contributed by atoms with Crippen LogP contribution in [0.5, 0.6) is 0 Å². The molecule has 15 rings (SSSR count). The maximum atomic E-state index is 5.11. The zero-order valence-corrected chi connectivity index (χ0v) is 46.3. The van der Waals surface area contributed by atoms with Gasteiger partial charge in [-0.15, -0.1) is 0 Å². The van der Waals surface area contributed by atoms with Gasteiger partial charge in [-0.2, -0.15) is 8.75 Å². The number of pyridine rings is 2. The minimum absolute atomic E-state index is 0.228. The molecule has 0 spiro atoms. The predicted octanol–water partition coefficient (Wildman–Crippen LogP) is 20.1. The van der Waals surface area contributed by atoms with Crippen molar-refractivity contribution in [1.29, 1.82) is 0 Å². The molecule has 3 heterocycles. The number of benzene rings is 10. The van der Waals surface area contributed by atoms with Crippen molar-refractivity contribution in [2.45, 2.75) is 38.5 Å². The number of nitrogens with zero attached hydrogens (tertiary/aromatic N) is 4. The van der Waals surface area contributed by atoms with Gasteiger partial charge in [-0.1, -0.05) is 210 Å². The van der Waals surface area contributed by atoms with Crippen molar-refractivity contribution in [2.75, 3.05) is 0 Å². The van der Waals surface area contributed by atoms with Crippen LogP contribution >= 0.6 is 11.7 Å². The van der Waals surface area contributed by atoms with E-state index < -0.39 is 0 Å². The lowest BCUT2D eigenvalue weighted by Crippen LogP contribution is -2.15. The van der Waals surface area contributed by atoms with Crippen LogP contribution < -0.4 is 0 Å². The SMILES string of the molecule is CC1(C)c2cc(-c3ccccc3)ccc2-c2ccc(-c3cc(/C=C/c4ccc5ccccc5n4)c(-c4ccc5c(c4)C(C)(C)c4cc(-c6ccc(-c7ccccc7)c7nsnc67)ccc4-5)cc3/C=C/c3ccc4ccccc4n3)cc21. The molecule has 0 unspecified atom stereocenters. The van der Waals surface area contributed by atoms with E-state index in [1.807, 2.05) is 0 Å². The molecular formula is C76H54N4S. The molecule has 0 radical (unpaired) electrons. The van der Waals surface area contributed by atoms with Crippen molar-refractivity contribution in [3.05, 3.63) is 275 Å². The van der Waals surface area contributed by atoms with Crippen molar-refractivity contribution in [2.24, 2.45) is 0 Å². The average Bonchev–Trinajstić information content (AvgIpc) is 4.39. The third kappa shape index (κ3) is 8.26. The molecule has 0 N–H and O–H groups in total. The van der Waals surface area contributed by atoms with E-state index in [2.05, 4.69) is 283 Å². The van der Waals surface area contributed by atoms with Crippen molar-refractivity contribution in [1.82, 2.24) is 18.7 Å². The van der Waals surface area contributed by atoms with Crippen LogP contribution in [0.25, 0.3) is 135 Å². The van der Waals surface area contributed by atoms with E-state index in [1.54, 1.807) is 0 Å². The third-order valence-corrected chi connectivity index (χ3v) is 17.7. The van der Waals surface area contributed by atoms with E-state index in [1.165, 1.54) is 67.4 Å². The van der Waals surface area contributed by atoms with Crippen molar-refractivity contribution < 1.29 is 0 Å². The second-order valence-electron chi connectivity index (χ2n) is 22.7. The van der Waals surface area contributed by atoms with Gasteiger partial charge in [0.15, 0.2) is 0 Å². The fourth-order valence-corrected chi connectivity index (χ4v) is 13.4. The standard InChI is InChI=1S/C76H54N4S/c1-75(2)67-43-51(47-15-7-5-8-16-47)27-35-61(67)63-37-29-55(45-69(63)75)65-41-53(26-34-58-32-24-50-20-12-14-22-72(50)78-58)66(42-52(65)25-33-57-31-23-49-19-11-13-21-71(49)77-57)56-30-38-64-62-36-28-54(44-68(62)76(3,4)70(64)46-56)60-40-39-59(48-17-9-6-10-18-48)73-74(60)80-81-79-73/h5-46H,1-4H3/b33-25+,34-26+. The Morgan fingerprint density at radius 2 is 0.667 bits per heavy atom. The molecule has 0 fully saturated rings. The fourth-order valence-electron chi connectivity index (χ4n) is 12.8. The van der Waals surface area contributed by atoms with Gasteiger partial charge in [0.25, 0.3) is 0 Å². The minimum atomic E-state index is -0.299. The molecule has 0 amide bonds. The van der Waals surface area contributed by atoms with E-state index in [4.69, 9.17) is 18.7 Å². The summed E-state index contributed by atoms with van der Waals surface area (Å²) in [4.78, 5) is 10.2. The number of rotatable bonds is 9. The Morgan fingerprint density at radius 1 is 0.296 bits per heavy atom. The van der Waals surface area contributed by atoms with Crippen LogP contribution in [0.1, 0.15) is 72.5 Å². The molecule has 4 nitrogen and oxygen atoms in total. The first kappa shape index (κ1) is 48.4. The molecule has 5 heteroatoms. The molecule has 3 aromatic heterocycles. The smallest absolute Gasteiger partial charge is 0.113 e. The molecular weight excluding hydrogens is 1000 g/mol. The third-order valence-electron chi connectivity index (χ3n) is 17.2.